The fraction of sp³-hybridized carbons (Fsp3) is 0.321. The normalized spacial score (nSPS) is 22.9. The predicted molar refractivity (Wildman–Crippen MR) is 122 cm³/mol. The summed E-state index contributed by atoms with van der Waals surface area (Å²) in [5.41, 5.74) is 6.01. The first kappa shape index (κ1) is 20.0. The van der Waals surface area contributed by atoms with Crippen LogP contribution >= 0.6 is 0 Å². The summed E-state index contributed by atoms with van der Waals surface area (Å²) < 4.78 is 19.2. The van der Waals surface area contributed by atoms with Crippen molar-refractivity contribution < 1.29 is 13.9 Å². The second-order valence-electron chi connectivity index (χ2n) is 8.83. The van der Waals surface area contributed by atoms with E-state index < -0.39 is 0 Å². The van der Waals surface area contributed by atoms with Crippen LogP contribution in [0.1, 0.15) is 56.1 Å². The number of rotatable bonds is 4. The number of allylic oxidation sites excluding steroid dienone is 5. The Balaban J connectivity index is 1.62. The minimum atomic E-state index is -0.226. The standard InChI is InChI=1S/C28H27FO2/c29-22-13-11-20(12-14-22)24-19-26(21-7-2-1-3-8-21)28(17-4-5-18-28)25(24)16-15-23-9-6-10-27(30)31-23/h1-3,7-8,11-16,19,23H,4-6,9-10,17-18H2/b16-15+. The van der Waals surface area contributed by atoms with Gasteiger partial charge in [0.2, 0.25) is 0 Å². The molecule has 0 amide bonds. The summed E-state index contributed by atoms with van der Waals surface area (Å²) in [6.45, 7) is 0. The van der Waals surface area contributed by atoms with Gasteiger partial charge < -0.3 is 4.74 Å². The molecule has 2 aromatic carbocycles. The number of ether oxygens (including phenoxy) is 1. The number of carbonyl (C=O) groups is 1. The highest BCUT2D eigenvalue weighted by Gasteiger charge is 2.45. The first-order valence-corrected chi connectivity index (χ1v) is 11.3. The summed E-state index contributed by atoms with van der Waals surface area (Å²) in [4.78, 5) is 11.8. The maximum atomic E-state index is 13.6. The molecule has 1 heterocycles. The van der Waals surface area contributed by atoms with E-state index in [-0.39, 0.29) is 23.3 Å². The van der Waals surface area contributed by atoms with Crippen molar-refractivity contribution in [2.45, 2.75) is 51.0 Å². The number of benzene rings is 2. The molecule has 3 aliphatic rings. The molecule has 158 valence electrons. The van der Waals surface area contributed by atoms with Crippen LogP contribution in [0, 0.1) is 11.2 Å². The fourth-order valence-corrected chi connectivity index (χ4v) is 5.45. The van der Waals surface area contributed by atoms with Gasteiger partial charge in [-0.2, -0.15) is 0 Å². The molecule has 1 aliphatic heterocycles. The van der Waals surface area contributed by atoms with Gasteiger partial charge in [0.05, 0.1) is 0 Å². The molecule has 2 aliphatic carbocycles. The van der Waals surface area contributed by atoms with Crippen LogP contribution in [0.15, 0.2) is 78.4 Å². The van der Waals surface area contributed by atoms with Gasteiger partial charge in [0, 0.05) is 11.8 Å². The van der Waals surface area contributed by atoms with Crippen LogP contribution < -0.4 is 0 Å². The van der Waals surface area contributed by atoms with E-state index in [1.807, 2.05) is 18.2 Å². The molecule has 0 bridgehead atoms. The van der Waals surface area contributed by atoms with E-state index in [2.05, 4.69) is 42.5 Å². The van der Waals surface area contributed by atoms with Crippen LogP contribution in [-0.2, 0) is 9.53 Å². The molecule has 1 spiro atoms. The summed E-state index contributed by atoms with van der Waals surface area (Å²) in [7, 11) is 0. The monoisotopic (exact) mass is 414 g/mol. The quantitative estimate of drug-likeness (QED) is 0.509. The number of hydrogen-bond acceptors (Lipinski definition) is 2. The van der Waals surface area contributed by atoms with Gasteiger partial charge in [0.25, 0.3) is 0 Å². The molecular formula is C28H27FO2. The summed E-state index contributed by atoms with van der Waals surface area (Å²) in [6, 6.07) is 17.4. The lowest BCUT2D eigenvalue weighted by Gasteiger charge is -2.31. The van der Waals surface area contributed by atoms with Crippen molar-refractivity contribution in [2.75, 3.05) is 0 Å². The molecule has 1 atom stereocenters. The lowest BCUT2D eigenvalue weighted by molar-refractivity contribution is -0.150. The number of cyclic esters (lactones) is 1. The molecule has 5 rings (SSSR count). The Morgan fingerprint density at radius 2 is 1.68 bits per heavy atom. The smallest absolute Gasteiger partial charge is 0.306 e. The van der Waals surface area contributed by atoms with E-state index in [0.29, 0.717) is 6.42 Å². The Labute approximate surface area is 183 Å². The Bertz CT molecular complexity index is 1050. The highest BCUT2D eigenvalue weighted by molar-refractivity contribution is 5.96. The first-order chi connectivity index (χ1) is 15.2. The van der Waals surface area contributed by atoms with Crippen LogP contribution in [-0.4, -0.2) is 12.1 Å². The third-order valence-electron chi connectivity index (χ3n) is 6.94. The van der Waals surface area contributed by atoms with E-state index in [1.165, 1.54) is 41.7 Å². The van der Waals surface area contributed by atoms with Crippen LogP contribution in [0.2, 0.25) is 0 Å². The van der Waals surface area contributed by atoms with Gasteiger partial charge in [-0.05, 0) is 77.8 Å². The van der Waals surface area contributed by atoms with Crippen LogP contribution in [0.5, 0.6) is 0 Å². The molecule has 1 saturated carbocycles. The van der Waals surface area contributed by atoms with Gasteiger partial charge in [0.1, 0.15) is 11.9 Å². The molecule has 0 N–H and O–H groups in total. The highest BCUT2D eigenvalue weighted by atomic mass is 19.1. The lowest BCUT2D eigenvalue weighted by atomic mass is 9.72. The second kappa shape index (κ2) is 8.30. The maximum absolute atomic E-state index is 13.6. The third kappa shape index (κ3) is 3.78. The van der Waals surface area contributed by atoms with Gasteiger partial charge >= 0.3 is 5.97 Å². The Hall–Kier alpha value is -2.94. The molecule has 2 fully saturated rings. The van der Waals surface area contributed by atoms with Crippen molar-refractivity contribution in [1.82, 2.24) is 0 Å². The van der Waals surface area contributed by atoms with Crippen molar-refractivity contribution in [3.05, 3.63) is 95.3 Å². The number of halogens is 1. The molecular weight excluding hydrogens is 387 g/mol. The van der Waals surface area contributed by atoms with E-state index >= 15 is 0 Å². The average Bonchev–Trinajstić information content (AvgIpc) is 3.39. The lowest BCUT2D eigenvalue weighted by Crippen LogP contribution is -2.22. The zero-order valence-electron chi connectivity index (χ0n) is 17.6. The molecule has 1 unspecified atom stereocenters. The number of carbonyl (C=O) groups excluding carboxylic acids is 1. The van der Waals surface area contributed by atoms with Crippen molar-refractivity contribution in [3.63, 3.8) is 0 Å². The molecule has 0 radical (unpaired) electrons. The van der Waals surface area contributed by atoms with Gasteiger partial charge in [0.15, 0.2) is 0 Å². The Kier molecular flexibility index (Phi) is 5.35. The largest absolute Gasteiger partial charge is 0.458 e. The van der Waals surface area contributed by atoms with Crippen molar-refractivity contribution in [1.29, 1.82) is 0 Å². The minimum absolute atomic E-state index is 0.0414. The summed E-state index contributed by atoms with van der Waals surface area (Å²) in [5.74, 6) is -0.338. The predicted octanol–water partition coefficient (Wildman–Crippen LogP) is 6.89. The number of esters is 1. The van der Waals surface area contributed by atoms with Crippen LogP contribution in [0.25, 0.3) is 11.1 Å². The zero-order valence-corrected chi connectivity index (χ0v) is 17.6. The molecule has 3 heteroatoms. The van der Waals surface area contributed by atoms with E-state index in [4.69, 9.17) is 4.74 Å². The fourth-order valence-electron chi connectivity index (χ4n) is 5.45. The van der Waals surface area contributed by atoms with Gasteiger partial charge in [-0.1, -0.05) is 61.4 Å². The summed E-state index contributed by atoms with van der Waals surface area (Å²) in [6.07, 6.45) is 13.2. The summed E-state index contributed by atoms with van der Waals surface area (Å²) >= 11 is 0. The highest BCUT2D eigenvalue weighted by Crippen LogP contribution is 2.59. The van der Waals surface area contributed by atoms with Gasteiger partial charge in [-0.25, -0.2) is 4.39 Å². The van der Waals surface area contributed by atoms with Crippen LogP contribution in [0.4, 0.5) is 4.39 Å². The number of hydrogen-bond donors (Lipinski definition) is 0. The van der Waals surface area contributed by atoms with E-state index in [1.54, 1.807) is 0 Å². The molecule has 0 aromatic heterocycles. The van der Waals surface area contributed by atoms with Crippen LogP contribution in [0.3, 0.4) is 0 Å². The van der Waals surface area contributed by atoms with E-state index in [9.17, 15) is 9.18 Å². The van der Waals surface area contributed by atoms with E-state index in [0.717, 1.165) is 36.8 Å². The Morgan fingerprint density at radius 1 is 0.935 bits per heavy atom. The van der Waals surface area contributed by atoms with Crippen molar-refractivity contribution >= 4 is 17.1 Å². The zero-order chi connectivity index (χ0) is 21.3. The molecule has 2 aromatic rings. The summed E-state index contributed by atoms with van der Waals surface area (Å²) in [5, 5.41) is 0. The average molecular weight is 415 g/mol. The van der Waals surface area contributed by atoms with Crippen molar-refractivity contribution in [2.24, 2.45) is 5.41 Å². The molecule has 1 saturated heterocycles. The van der Waals surface area contributed by atoms with Gasteiger partial charge in [-0.15, -0.1) is 0 Å². The molecule has 31 heavy (non-hydrogen) atoms. The second-order valence-corrected chi connectivity index (χ2v) is 8.83. The first-order valence-electron chi connectivity index (χ1n) is 11.3. The molecule has 2 nitrogen and oxygen atoms in total. The SMILES string of the molecule is O=C1CCCC(/C=C/C2=C(c3ccc(F)cc3)C=C(c3ccccc3)C23CCCC3)O1. The topological polar surface area (TPSA) is 26.3 Å². The minimum Gasteiger partial charge on any atom is -0.458 e. The van der Waals surface area contributed by atoms with Gasteiger partial charge in [-0.3, -0.25) is 4.79 Å². The maximum Gasteiger partial charge on any atom is 0.306 e. The van der Waals surface area contributed by atoms with Crippen molar-refractivity contribution in [3.8, 4) is 0 Å². The Morgan fingerprint density at radius 3 is 2.39 bits per heavy atom. The third-order valence-corrected chi connectivity index (χ3v) is 6.94.